The molecule has 0 unspecified atom stereocenters. The second-order valence-corrected chi connectivity index (χ2v) is 4.69. The number of halogens is 1. The maximum atomic E-state index is 11.0. The normalized spacial score (nSPS) is 11.4. The average Bonchev–Trinajstić information content (AvgIpc) is 2.14. The first-order chi connectivity index (χ1) is 6.96. The molecule has 0 atom stereocenters. The highest BCUT2D eigenvalue weighted by atomic mass is 35.5. The van der Waals surface area contributed by atoms with E-state index in [2.05, 4.69) is 10.3 Å². The van der Waals surface area contributed by atoms with Crippen LogP contribution >= 0.6 is 11.6 Å². The number of anilines is 1. The Balaban J connectivity index is 3.21. The van der Waals surface area contributed by atoms with Gasteiger partial charge in [-0.2, -0.15) is 8.42 Å². The van der Waals surface area contributed by atoms with Gasteiger partial charge in [0.1, 0.15) is 4.90 Å². The molecule has 0 aliphatic rings. The van der Waals surface area contributed by atoms with Crippen molar-refractivity contribution >= 4 is 27.4 Å². The van der Waals surface area contributed by atoms with Crippen molar-refractivity contribution in [3.8, 4) is 0 Å². The summed E-state index contributed by atoms with van der Waals surface area (Å²) in [5.41, 5.74) is 0.191. The number of pyridine rings is 1. The molecule has 0 spiro atoms. The third-order valence-electron chi connectivity index (χ3n) is 1.69. The van der Waals surface area contributed by atoms with E-state index in [1.165, 1.54) is 6.20 Å². The molecule has 0 aromatic carbocycles. The third kappa shape index (κ3) is 3.05. The number of rotatable bonds is 4. The zero-order chi connectivity index (χ0) is 11.5. The number of nitrogens with one attached hydrogen (secondary N) is 1. The fourth-order valence-corrected chi connectivity index (χ4v) is 1.95. The van der Waals surface area contributed by atoms with Crippen molar-refractivity contribution in [1.29, 1.82) is 0 Å². The van der Waals surface area contributed by atoms with E-state index in [1.807, 2.05) is 6.92 Å². The molecule has 0 aliphatic carbocycles. The van der Waals surface area contributed by atoms with Crippen LogP contribution in [0.15, 0.2) is 17.3 Å². The van der Waals surface area contributed by atoms with Crippen LogP contribution in [0.5, 0.6) is 0 Å². The molecular formula is C8H11ClN2O3S. The standard InChI is InChI=1S/C8H11ClN2O3S/c1-2-3-11-8-6(9)4-10-5-7(8)15(12,13)14/h4-5H,2-3H2,1H3,(H,10,11)(H,12,13,14). The summed E-state index contributed by atoms with van der Waals surface area (Å²) >= 11 is 5.77. The summed E-state index contributed by atoms with van der Waals surface area (Å²) in [7, 11) is -4.30. The zero-order valence-electron chi connectivity index (χ0n) is 8.07. The van der Waals surface area contributed by atoms with Gasteiger partial charge in [0.15, 0.2) is 0 Å². The summed E-state index contributed by atoms with van der Waals surface area (Å²) in [6.07, 6.45) is 3.18. The van der Waals surface area contributed by atoms with Crippen molar-refractivity contribution in [1.82, 2.24) is 4.98 Å². The van der Waals surface area contributed by atoms with Crippen molar-refractivity contribution in [2.24, 2.45) is 0 Å². The average molecular weight is 251 g/mol. The summed E-state index contributed by atoms with van der Waals surface area (Å²) in [5.74, 6) is 0. The summed E-state index contributed by atoms with van der Waals surface area (Å²) in [4.78, 5) is 3.31. The van der Waals surface area contributed by atoms with Crippen LogP contribution < -0.4 is 5.32 Å². The maximum absolute atomic E-state index is 11.0. The molecule has 2 N–H and O–H groups in total. The second-order valence-electron chi connectivity index (χ2n) is 2.90. The monoisotopic (exact) mass is 250 g/mol. The Morgan fingerprint density at radius 3 is 2.73 bits per heavy atom. The van der Waals surface area contributed by atoms with Crippen LogP contribution in [0.4, 0.5) is 5.69 Å². The van der Waals surface area contributed by atoms with E-state index in [1.54, 1.807) is 0 Å². The van der Waals surface area contributed by atoms with Crippen molar-refractivity contribution in [3.05, 3.63) is 17.4 Å². The maximum Gasteiger partial charge on any atom is 0.298 e. The highest BCUT2D eigenvalue weighted by molar-refractivity contribution is 7.86. The molecule has 1 aromatic rings. The fourth-order valence-electron chi connectivity index (χ4n) is 1.03. The van der Waals surface area contributed by atoms with Gasteiger partial charge in [-0.3, -0.25) is 9.54 Å². The Labute approximate surface area is 93.2 Å². The topological polar surface area (TPSA) is 79.3 Å². The Morgan fingerprint density at radius 2 is 2.20 bits per heavy atom. The molecule has 84 valence electrons. The predicted molar refractivity (Wildman–Crippen MR) is 57.8 cm³/mol. The van der Waals surface area contributed by atoms with Crippen molar-refractivity contribution in [2.45, 2.75) is 18.2 Å². The number of hydrogen-bond donors (Lipinski definition) is 2. The third-order valence-corrected chi connectivity index (χ3v) is 2.85. The molecule has 0 aliphatic heterocycles. The van der Waals surface area contributed by atoms with Crippen LogP contribution in [-0.4, -0.2) is 24.5 Å². The van der Waals surface area contributed by atoms with E-state index < -0.39 is 10.1 Å². The summed E-state index contributed by atoms with van der Waals surface area (Å²) in [6, 6.07) is 0. The van der Waals surface area contributed by atoms with Crippen LogP contribution in [0.3, 0.4) is 0 Å². The molecule has 1 heterocycles. The lowest BCUT2D eigenvalue weighted by Gasteiger charge is -2.10. The van der Waals surface area contributed by atoms with Gasteiger partial charge < -0.3 is 5.32 Å². The SMILES string of the molecule is CCCNc1c(Cl)cncc1S(=O)(=O)O. The van der Waals surface area contributed by atoms with Crippen LogP contribution in [0, 0.1) is 0 Å². The largest absolute Gasteiger partial charge is 0.383 e. The number of nitrogens with zero attached hydrogens (tertiary/aromatic N) is 1. The molecule has 0 fully saturated rings. The summed E-state index contributed by atoms with van der Waals surface area (Å²) in [5, 5.41) is 2.99. The van der Waals surface area contributed by atoms with Crippen molar-refractivity contribution < 1.29 is 13.0 Å². The lowest BCUT2D eigenvalue weighted by molar-refractivity contribution is 0.483. The van der Waals surface area contributed by atoms with Gasteiger partial charge in [0, 0.05) is 12.7 Å². The molecule has 1 aromatic heterocycles. The smallest absolute Gasteiger partial charge is 0.298 e. The minimum absolute atomic E-state index is 0.165. The lowest BCUT2D eigenvalue weighted by atomic mass is 10.4. The molecule has 0 radical (unpaired) electrons. The van der Waals surface area contributed by atoms with Crippen LogP contribution in [0.2, 0.25) is 5.02 Å². The molecule has 7 heteroatoms. The lowest BCUT2D eigenvalue weighted by Crippen LogP contribution is -2.08. The fraction of sp³-hybridized carbons (Fsp3) is 0.375. The minimum Gasteiger partial charge on any atom is -0.383 e. The number of hydrogen-bond acceptors (Lipinski definition) is 4. The molecule has 15 heavy (non-hydrogen) atoms. The molecule has 0 bridgehead atoms. The van der Waals surface area contributed by atoms with Gasteiger partial charge in [0.05, 0.1) is 16.9 Å². The van der Waals surface area contributed by atoms with Gasteiger partial charge in [-0.15, -0.1) is 0 Å². The van der Waals surface area contributed by atoms with E-state index in [0.717, 1.165) is 12.6 Å². The molecule has 0 saturated heterocycles. The van der Waals surface area contributed by atoms with Crippen molar-refractivity contribution in [3.63, 3.8) is 0 Å². The van der Waals surface area contributed by atoms with E-state index in [-0.39, 0.29) is 15.6 Å². The van der Waals surface area contributed by atoms with Gasteiger partial charge >= 0.3 is 0 Å². The molecule has 1 rings (SSSR count). The zero-order valence-corrected chi connectivity index (χ0v) is 9.64. The molecule has 0 amide bonds. The van der Waals surface area contributed by atoms with Crippen LogP contribution in [0.1, 0.15) is 13.3 Å². The molecule has 5 nitrogen and oxygen atoms in total. The molecule has 0 saturated carbocycles. The predicted octanol–water partition coefficient (Wildman–Crippen LogP) is 1.80. The Bertz CT molecular complexity index is 447. The first-order valence-electron chi connectivity index (χ1n) is 4.31. The second kappa shape index (κ2) is 4.78. The minimum atomic E-state index is -4.30. The Kier molecular flexibility index (Phi) is 3.90. The van der Waals surface area contributed by atoms with E-state index >= 15 is 0 Å². The summed E-state index contributed by atoms with van der Waals surface area (Å²) in [6.45, 7) is 2.49. The van der Waals surface area contributed by atoms with E-state index in [9.17, 15) is 8.42 Å². The molecular weight excluding hydrogens is 240 g/mol. The van der Waals surface area contributed by atoms with Gasteiger partial charge in [0.2, 0.25) is 0 Å². The van der Waals surface area contributed by atoms with Crippen molar-refractivity contribution in [2.75, 3.05) is 11.9 Å². The highest BCUT2D eigenvalue weighted by Crippen LogP contribution is 2.27. The first-order valence-corrected chi connectivity index (χ1v) is 6.13. The highest BCUT2D eigenvalue weighted by Gasteiger charge is 2.18. The van der Waals surface area contributed by atoms with Crippen LogP contribution in [0.25, 0.3) is 0 Å². The Morgan fingerprint density at radius 1 is 1.53 bits per heavy atom. The van der Waals surface area contributed by atoms with Gasteiger partial charge in [-0.05, 0) is 6.42 Å². The van der Waals surface area contributed by atoms with Gasteiger partial charge in [-0.25, -0.2) is 0 Å². The summed E-state index contributed by atoms with van der Waals surface area (Å²) < 4.78 is 30.9. The van der Waals surface area contributed by atoms with Crippen LogP contribution in [-0.2, 0) is 10.1 Å². The first kappa shape index (κ1) is 12.2. The Hall–Kier alpha value is -0.850. The van der Waals surface area contributed by atoms with E-state index in [0.29, 0.717) is 6.54 Å². The van der Waals surface area contributed by atoms with Gasteiger partial charge in [0.25, 0.3) is 10.1 Å². The number of aromatic nitrogens is 1. The quantitative estimate of drug-likeness (QED) is 0.797. The van der Waals surface area contributed by atoms with E-state index in [4.69, 9.17) is 16.2 Å². The van der Waals surface area contributed by atoms with Gasteiger partial charge in [-0.1, -0.05) is 18.5 Å².